The van der Waals surface area contributed by atoms with E-state index in [1.807, 2.05) is 0 Å². The summed E-state index contributed by atoms with van der Waals surface area (Å²) in [4.78, 5) is 2.22. The van der Waals surface area contributed by atoms with E-state index >= 15 is 0 Å². The zero-order chi connectivity index (χ0) is 14.4. The van der Waals surface area contributed by atoms with Crippen molar-refractivity contribution in [3.8, 4) is 0 Å². The van der Waals surface area contributed by atoms with Gasteiger partial charge in [-0.15, -0.1) is 0 Å². The lowest BCUT2D eigenvalue weighted by Gasteiger charge is -2.23. The van der Waals surface area contributed by atoms with Crippen molar-refractivity contribution in [2.75, 3.05) is 20.1 Å². The first kappa shape index (κ1) is 16.2. The lowest BCUT2D eigenvalue weighted by Crippen LogP contribution is -2.28. The second kappa shape index (κ2) is 7.66. The van der Waals surface area contributed by atoms with Crippen molar-refractivity contribution in [1.82, 2.24) is 4.90 Å². The quantitative estimate of drug-likeness (QED) is 0.808. The first-order valence-electron chi connectivity index (χ1n) is 7.40. The Morgan fingerprint density at radius 3 is 2.00 bits per heavy atom. The molecule has 0 aliphatic rings. The van der Waals surface area contributed by atoms with Crippen molar-refractivity contribution in [2.45, 2.75) is 46.1 Å². The van der Waals surface area contributed by atoms with Crippen LogP contribution in [0.1, 0.15) is 57.3 Å². The molecule has 0 fully saturated rings. The Balaban J connectivity index is 2.55. The molecule has 0 amide bonds. The second-order valence-corrected chi connectivity index (χ2v) is 6.07. The number of hydrogen-bond donors (Lipinski definition) is 1. The molecule has 1 rings (SSSR count). The zero-order valence-corrected chi connectivity index (χ0v) is 13.1. The SMILES string of the molecule is CCC(C)CN(C)CC(O)c1ccc(C(C)C)cc1. The number of hydrogen-bond acceptors (Lipinski definition) is 2. The van der Waals surface area contributed by atoms with Crippen LogP contribution in [0.25, 0.3) is 0 Å². The van der Waals surface area contributed by atoms with Gasteiger partial charge in [-0.3, -0.25) is 0 Å². The number of benzene rings is 1. The lowest BCUT2D eigenvalue weighted by molar-refractivity contribution is 0.119. The molecule has 0 aliphatic carbocycles. The topological polar surface area (TPSA) is 23.5 Å². The second-order valence-electron chi connectivity index (χ2n) is 6.07. The standard InChI is InChI=1S/C17H29NO/c1-6-14(4)11-18(5)12-17(19)16-9-7-15(8-10-16)13(2)3/h7-10,13-14,17,19H,6,11-12H2,1-5H3. The van der Waals surface area contributed by atoms with Crippen LogP contribution in [0.3, 0.4) is 0 Å². The highest BCUT2D eigenvalue weighted by molar-refractivity contribution is 5.26. The maximum atomic E-state index is 10.3. The van der Waals surface area contributed by atoms with Gasteiger partial charge in [0.1, 0.15) is 0 Å². The first-order chi connectivity index (χ1) is 8.93. The molecule has 0 spiro atoms. The minimum atomic E-state index is -0.393. The van der Waals surface area contributed by atoms with Crippen LogP contribution in [0.2, 0.25) is 0 Å². The van der Waals surface area contributed by atoms with E-state index in [1.54, 1.807) is 0 Å². The Morgan fingerprint density at radius 2 is 1.53 bits per heavy atom. The van der Waals surface area contributed by atoms with Gasteiger partial charge in [0.05, 0.1) is 6.10 Å². The molecule has 0 radical (unpaired) electrons. The van der Waals surface area contributed by atoms with Crippen molar-refractivity contribution >= 4 is 0 Å². The predicted molar refractivity (Wildman–Crippen MR) is 82.4 cm³/mol. The van der Waals surface area contributed by atoms with Gasteiger partial charge in [-0.05, 0) is 30.0 Å². The summed E-state index contributed by atoms with van der Waals surface area (Å²) in [6, 6.07) is 8.35. The molecule has 1 aromatic rings. The summed E-state index contributed by atoms with van der Waals surface area (Å²) in [7, 11) is 2.08. The van der Waals surface area contributed by atoms with Crippen molar-refractivity contribution in [3.63, 3.8) is 0 Å². The molecule has 2 nitrogen and oxygen atoms in total. The van der Waals surface area contributed by atoms with E-state index in [2.05, 4.69) is 63.9 Å². The summed E-state index contributed by atoms with van der Waals surface area (Å²) < 4.78 is 0. The zero-order valence-electron chi connectivity index (χ0n) is 13.1. The average Bonchev–Trinajstić information content (AvgIpc) is 2.38. The van der Waals surface area contributed by atoms with Gasteiger partial charge in [0.2, 0.25) is 0 Å². The van der Waals surface area contributed by atoms with Gasteiger partial charge >= 0.3 is 0 Å². The van der Waals surface area contributed by atoms with Crippen LogP contribution < -0.4 is 0 Å². The number of rotatable bonds is 7. The van der Waals surface area contributed by atoms with Gasteiger partial charge in [0.25, 0.3) is 0 Å². The third-order valence-corrected chi connectivity index (χ3v) is 3.79. The molecule has 2 heteroatoms. The highest BCUT2D eigenvalue weighted by Crippen LogP contribution is 2.19. The van der Waals surface area contributed by atoms with Crippen molar-refractivity contribution in [3.05, 3.63) is 35.4 Å². The van der Waals surface area contributed by atoms with Gasteiger partial charge in [-0.25, -0.2) is 0 Å². The monoisotopic (exact) mass is 263 g/mol. The summed E-state index contributed by atoms with van der Waals surface area (Å²) in [5, 5.41) is 10.3. The Labute approximate surface area is 118 Å². The minimum absolute atomic E-state index is 0.393. The Kier molecular flexibility index (Phi) is 6.53. The van der Waals surface area contributed by atoms with Crippen LogP contribution in [0.5, 0.6) is 0 Å². The minimum Gasteiger partial charge on any atom is -0.387 e. The molecule has 108 valence electrons. The Bertz CT molecular complexity index is 358. The van der Waals surface area contributed by atoms with Crippen molar-refractivity contribution in [2.24, 2.45) is 5.92 Å². The summed E-state index contributed by atoms with van der Waals surface area (Å²) >= 11 is 0. The fourth-order valence-corrected chi connectivity index (χ4v) is 2.24. The molecule has 0 aromatic heterocycles. The van der Waals surface area contributed by atoms with Gasteiger partial charge in [-0.2, -0.15) is 0 Å². The van der Waals surface area contributed by atoms with Crippen molar-refractivity contribution in [1.29, 1.82) is 0 Å². The lowest BCUT2D eigenvalue weighted by atomic mass is 10.00. The van der Waals surface area contributed by atoms with E-state index in [0.29, 0.717) is 18.4 Å². The molecule has 2 atom stereocenters. The largest absolute Gasteiger partial charge is 0.387 e. The number of aliphatic hydroxyl groups is 1. The Morgan fingerprint density at radius 1 is 1.00 bits per heavy atom. The highest BCUT2D eigenvalue weighted by Gasteiger charge is 2.12. The predicted octanol–water partition coefficient (Wildman–Crippen LogP) is 3.82. The number of aliphatic hydroxyl groups excluding tert-OH is 1. The van der Waals surface area contributed by atoms with Gasteiger partial charge in [0.15, 0.2) is 0 Å². The van der Waals surface area contributed by atoms with E-state index in [0.717, 1.165) is 12.1 Å². The van der Waals surface area contributed by atoms with Crippen LogP contribution in [0, 0.1) is 5.92 Å². The normalized spacial score (nSPS) is 14.9. The third-order valence-electron chi connectivity index (χ3n) is 3.79. The molecule has 0 aliphatic heterocycles. The number of likely N-dealkylation sites (N-methyl/N-ethyl adjacent to an activating group) is 1. The van der Waals surface area contributed by atoms with E-state index in [9.17, 15) is 5.11 Å². The summed E-state index contributed by atoms with van der Waals surface area (Å²) in [5.41, 5.74) is 2.34. The van der Waals surface area contributed by atoms with E-state index in [1.165, 1.54) is 12.0 Å². The maximum absolute atomic E-state index is 10.3. The molecule has 1 aromatic carbocycles. The van der Waals surface area contributed by atoms with Crippen LogP contribution in [0.15, 0.2) is 24.3 Å². The van der Waals surface area contributed by atoms with Gasteiger partial charge in [-0.1, -0.05) is 58.4 Å². The van der Waals surface area contributed by atoms with E-state index < -0.39 is 6.10 Å². The number of nitrogens with zero attached hydrogens (tertiary/aromatic N) is 1. The fraction of sp³-hybridized carbons (Fsp3) is 0.647. The highest BCUT2D eigenvalue weighted by atomic mass is 16.3. The third kappa shape index (κ3) is 5.33. The molecular weight excluding hydrogens is 234 g/mol. The molecule has 0 saturated heterocycles. The fourth-order valence-electron chi connectivity index (χ4n) is 2.24. The molecular formula is C17H29NO. The Hall–Kier alpha value is -0.860. The molecule has 0 bridgehead atoms. The smallest absolute Gasteiger partial charge is 0.0916 e. The molecule has 0 saturated carbocycles. The summed E-state index contributed by atoms with van der Waals surface area (Å²) in [6.45, 7) is 10.6. The summed E-state index contributed by atoms with van der Waals surface area (Å²) in [6.07, 6.45) is 0.791. The molecule has 19 heavy (non-hydrogen) atoms. The molecule has 0 heterocycles. The van der Waals surface area contributed by atoms with Gasteiger partial charge < -0.3 is 10.0 Å². The first-order valence-corrected chi connectivity index (χ1v) is 7.40. The van der Waals surface area contributed by atoms with Crippen LogP contribution in [-0.2, 0) is 0 Å². The summed E-state index contributed by atoms with van der Waals surface area (Å²) in [5.74, 6) is 1.22. The molecule has 1 N–H and O–H groups in total. The van der Waals surface area contributed by atoms with Crippen LogP contribution in [0.4, 0.5) is 0 Å². The van der Waals surface area contributed by atoms with Crippen LogP contribution in [-0.4, -0.2) is 30.1 Å². The van der Waals surface area contributed by atoms with Crippen LogP contribution >= 0.6 is 0 Å². The van der Waals surface area contributed by atoms with Gasteiger partial charge in [0, 0.05) is 13.1 Å². The van der Waals surface area contributed by atoms with Crippen molar-refractivity contribution < 1.29 is 5.11 Å². The van der Waals surface area contributed by atoms with E-state index in [-0.39, 0.29) is 0 Å². The maximum Gasteiger partial charge on any atom is 0.0916 e. The average molecular weight is 263 g/mol. The van der Waals surface area contributed by atoms with E-state index in [4.69, 9.17) is 0 Å². The molecule has 2 unspecified atom stereocenters.